The number of anilines is 3. The number of fused-ring (bicyclic) bond motifs is 1. The first-order valence-corrected chi connectivity index (χ1v) is 6.28. The molecule has 0 saturated heterocycles. The number of aromatic nitrogens is 2. The number of halogens is 1. The summed E-state index contributed by atoms with van der Waals surface area (Å²) in [6.07, 6.45) is 0. The lowest BCUT2D eigenvalue weighted by molar-refractivity contribution is 1.12. The van der Waals surface area contributed by atoms with Crippen LogP contribution in [0.3, 0.4) is 0 Å². The van der Waals surface area contributed by atoms with Gasteiger partial charge in [0.05, 0.1) is 21.7 Å². The number of nitrogens with zero attached hydrogens (tertiary/aromatic N) is 2. The highest BCUT2D eigenvalue weighted by Crippen LogP contribution is 2.27. The largest absolute Gasteiger partial charge is 0.397 e. The van der Waals surface area contributed by atoms with E-state index in [0.29, 0.717) is 10.7 Å². The van der Waals surface area contributed by atoms with Crippen molar-refractivity contribution in [3.63, 3.8) is 0 Å². The lowest BCUT2D eigenvalue weighted by Gasteiger charge is -2.11. The van der Waals surface area contributed by atoms with Crippen molar-refractivity contribution in [3.8, 4) is 0 Å². The molecule has 1 heterocycles. The minimum absolute atomic E-state index is 0.496. The lowest BCUT2D eigenvalue weighted by Crippen LogP contribution is -2.08. The van der Waals surface area contributed by atoms with Gasteiger partial charge in [0.2, 0.25) is 0 Å². The maximum Gasteiger partial charge on any atom is 0.169 e. The van der Waals surface area contributed by atoms with Gasteiger partial charge in [0.25, 0.3) is 0 Å². The Labute approximate surface area is 111 Å². The third kappa shape index (κ3) is 2.41. The van der Waals surface area contributed by atoms with E-state index >= 15 is 0 Å². The van der Waals surface area contributed by atoms with Gasteiger partial charge in [-0.3, -0.25) is 0 Å². The van der Waals surface area contributed by atoms with Crippen LogP contribution >= 0.6 is 11.6 Å². The molecule has 4 N–H and O–H groups in total. The summed E-state index contributed by atoms with van der Waals surface area (Å²) in [5.74, 6) is 1.46. The second kappa shape index (κ2) is 5.27. The molecular weight excluding hydrogens is 250 g/mol. The van der Waals surface area contributed by atoms with Crippen LogP contribution < -0.4 is 16.4 Å². The summed E-state index contributed by atoms with van der Waals surface area (Å²) >= 11 is 5.99. The quantitative estimate of drug-likeness (QED) is 0.741. The zero-order valence-corrected chi connectivity index (χ0v) is 11.2. The van der Waals surface area contributed by atoms with Crippen LogP contribution in [-0.4, -0.2) is 23.1 Å². The van der Waals surface area contributed by atoms with Gasteiger partial charge < -0.3 is 16.4 Å². The van der Waals surface area contributed by atoms with Crippen LogP contribution in [0.2, 0.25) is 5.02 Å². The molecule has 0 atom stereocenters. The molecule has 5 nitrogen and oxygen atoms in total. The lowest BCUT2D eigenvalue weighted by atomic mass is 10.2. The fourth-order valence-corrected chi connectivity index (χ4v) is 1.83. The summed E-state index contributed by atoms with van der Waals surface area (Å²) in [7, 11) is 0. The molecule has 0 spiro atoms. The van der Waals surface area contributed by atoms with E-state index < -0.39 is 0 Å². The molecule has 0 fully saturated rings. The highest BCUT2D eigenvalue weighted by molar-refractivity contribution is 6.33. The van der Waals surface area contributed by atoms with E-state index in [2.05, 4.69) is 20.6 Å². The Morgan fingerprint density at radius 3 is 2.06 bits per heavy atom. The molecule has 0 aliphatic rings. The van der Waals surface area contributed by atoms with Crippen LogP contribution in [0.4, 0.5) is 17.3 Å². The Morgan fingerprint density at radius 1 is 1.06 bits per heavy atom. The third-order valence-corrected chi connectivity index (χ3v) is 2.80. The third-order valence-electron chi connectivity index (χ3n) is 2.47. The van der Waals surface area contributed by atoms with Crippen LogP contribution in [0.5, 0.6) is 0 Å². The van der Waals surface area contributed by atoms with Crippen molar-refractivity contribution in [3.05, 3.63) is 17.2 Å². The van der Waals surface area contributed by atoms with E-state index in [1.54, 1.807) is 12.1 Å². The van der Waals surface area contributed by atoms with Gasteiger partial charge in [0.1, 0.15) is 0 Å². The summed E-state index contributed by atoms with van der Waals surface area (Å²) in [5.41, 5.74) is 7.74. The molecular formula is C12H16ClN5. The summed E-state index contributed by atoms with van der Waals surface area (Å²) < 4.78 is 0. The second-order valence-corrected chi connectivity index (χ2v) is 4.25. The first-order valence-electron chi connectivity index (χ1n) is 5.90. The molecule has 2 rings (SSSR count). The minimum Gasteiger partial charge on any atom is -0.397 e. The molecule has 0 aliphatic heterocycles. The first-order chi connectivity index (χ1) is 8.65. The Balaban J connectivity index is 2.60. The molecule has 0 amide bonds. The minimum atomic E-state index is 0.496. The number of hydrogen-bond acceptors (Lipinski definition) is 5. The molecule has 6 heteroatoms. The van der Waals surface area contributed by atoms with Crippen molar-refractivity contribution in [2.75, 3.05) is 29.5 Å². The van der Waals surface area contributed by atoms with Crippen LogP contribution in [0.25, 0.3) is 11.0 Å². The monoisotopic (exact) mass is 265 g/mol. The molecule has 0 aliphatic carbocycles. The van der Waals surface area contributed by atoms with Gasteiger partial charge >= 0.3 is 0 Å². The predicted octanol–water partition coefficient (Wildman–Crippen LogP) is 2.73. The zero-order chi connectivity index (χ0) is 13.1. The predicted molar refractivity (Wildman–Crippen MR) is 77.3 cm³/mol. The second-order valence-electron chi connectivity index (χ2n) is 3.84. The maximum atomic E-state index is 5.99. The van der Waals surface area contributed by atoms with Crippen molar-refractivity contribution < 1.29 is 0 Å². The van der Waals surface area contributed by atoms with E-state index in [4.69, 9.17) is 17.3 Å². The number of nitrogens with one attached hydrogen (secondary N) is 2. The maximum absolute atomic E-state index is 5.99. The highest BCUT2D eigenvalue weighted by atomic mass is 35.5. The van der Waals surface area contributed by atoms with Crippen molar-refractivity contribution in [2.45, 2.75) is 13.8 Å². The van der Waals surface area contributed by atoms with Gasteiger partial charge in [-0.1, -0.05) is 11.6 Å². The van der Waals surface area contributed by atoms with Crippen molar-refractivity contribution in [1.82, 2.24) is 9.97 Å². The van der Waals surface area contributed by atoms with E-state index in [1.807, 2.05) is 13.8 Å². The standard InChI is InChI=1S/C12H16ClN5/c1-3-15-11-12(16-4-2)18-10-6-8(14)7(13)5-9(10)17-11/h5-6H,3-4,14H2,1-2H3,(H,15,17)(H,16,18). The Kier molecular flexibility index (Phi) is 3.72. The molecule has 1 aromatic carbocycles. The van der Waals surface area contributed by atoms with E-state index in [1.165, 1.54) is 0 Å². The fraction of sp³-hybridized carbons (Fsp3) is 0.333. The summed E-state index contributed by atoms with van der Waals surface area (Å²) in [5, 5.41) is 6.85. The smallest absolute Gasteiger partial charge is 0.169 e. The average molecular weight is 266 g/mol. The van der Waals surface area contributed by atoms with Crippen molar-refractivity contribution in [1.29, 1.82) is 0 Å². The van der Waals surface area contributed by atoms with E-state index in [-0.39, 0.29) is 0 Å². The molecule has 0 saturated carbocycles. The zero-order valence-electron chi connectivity index (χ0n) is 10.4. The van der Waals surface area contributed by atoms with Gasteiger partial charge in [0, 0.05) is 13.1 Å². The number of hydrogen-bond donors (Lipinski definition) is 3. The fourth-order valence-electron chi connectivity index (χ4n) is 1.67. The van der Waals surface area contributed by atoms with Gasteiger partial charge in [-0.05, 0) is 26.0 Å². The van der Waals surface area contributed by atoms with E-state index in [0.717, 1.165) is 35.8 Å². The molecule has 96 valence electrons. The molecule has 0 radical (unpaired) electrons. The first kappa shape index (κ1) is 12.7. The molecule has 0 unspecified atom stereocenters. The van der Waals surface area contributed by atoms with Crippen LogP contribution in [0.1, 0.15) is 13.8 Å². The SMILES string of the molecule is CCNc1nc2cc(N)c(Cl)cc2nc1NCC. The van der Waals surface area contributed by atoms with Crippen LogP contribution in [0, 0.1) is 0 Å². The molecule has 2 aromatic rings. The molecule has 1 aromatic heterocycles. The summed E-state index contributed by atoms with van der Waals surface area (Å²) in [4.78, 5) is 9.02. The average Bonchev–Trinajstić information content (AvgIpc) is 2.33. The Bertz CT molecular complexity index is 519. The topological polar surface area (TPSA) is 75.9 Å². The Hall–Kier alpha value is -1.75. The molecule has 0 bridgehead atoms. The Morgan fingerprint density at radius 2 is 1.56 bits per heavy atom. The van der Waals surface area contributed by atoms with Crippen LogP contribution in [-0.2, 0) is 0 Å². The highest BCUT2D eigenvalue weighted by Gasteiger charge is 2.09. The van der Waals surface area contributed by atoms with E-state index in [9.17, 15) is 0 Å². The van der Waals surface area contributed by atoms with Crippen molar-refractivity contribution in [2.24, 2.45) is 0 Å². The normalized spacial score (nSPS) is 10.6. The number of nitrogens with two attached hydrogens (primary N) is 1. The van der Waals surface area contributed by atoms with Gasteiger partial charge in [-0.25, -0.2) is 9.97 Å². The van der Waals surface area contributed by atoms with Crippen molar-refractivity contribution >= 4 is 40.0 Å². The summed E-state index contributed by atoms with van der Waals surface area (Å²) in [6.45, 7) is 5.58. The van der Waals surface area contributed by atoms with Crippen LogP contribution in [0.15, 0.2) is 12.1 Å². The van der Waals surface area contributed by atoms with Gasteiger partial charge in [0.15, 0.2) is 11.6 Å². The van der Waals surface area contributed by atoms with Gasteiger partial charge in [-0.2, -0.15) is 0 Å². The number of rotatable bonds is 4. The number of benzene rings is 1. The van der Waals surface area contributed by atoms with Gasteiger partial charge in [-0.15, -0.1) is 0 Å². The number of nitrogen functional groups attached to an aromatic ring is 1. The molecule has 18 heavy (non-hydrogen) atoms. The summed E-state index contributed by atoms with van der Waals surface area (Å²) in [6, 6.07) is 3.47.